The lowest BCUT2D eigenvalue weighted by atomic mass is 10.0. The number of methoxy groups -OCH3 is 1. The number of nitrogens with one attached hydrogen (secondary N) is 1. The number of amides is 1. The van der Waals surface area contributed by atoms with Gasteiger partial charge < -0.3 is 14.6 Å². The van der Waals surface area contributed by atoms with Crippen LogP contribution in [0.25, 0.3) is 0 Å². The molecule has 3 atom stereocenters. The molecule has 3 unspecified atom stereocenters. The Morgan fingerprint density at radius 2 is 1.89 bits per heavy atom. The number of carbonyl (C=O) groups excluding carboxylic acids is 2. The van der Waals surface area contributed by atoms with E-state index in [0.717, 1.165) is 5.56 Å². The molecule has 0 saturated heterocycles. The number of esters is 1. The lowest BCUT2D eigenvalue weighted by Crippen LogP contribution is -2.40. The molecule has 1 aromatic carbocycles. The van der Waals surface area contributed by atoms with Gasteiger partial charge in [0.05, 0.1) is 13.2 Å². The lowest BCUT2D eigenvalue weighted by Gasteiger charge is -2.24. The van der Waals surface area contributed by atoms with Crippen LogP contribution in [0.15, 0.2) is 30.3 Å². The Morgan fingerprint density at radius 3 is 2.33 bits per heavy atom. The van der Waals surface area contributed by atoms with E-state index in [2.05, 4.69) is 10.1 Å². The van der Waals surface area contributed by atoms with Crippen molar-refractivity contribution in [1.29, 1.82) is 0 Å². The topological polar surface area (TPSA) is 64.6 Å². The second-order valence-electron chi connectivity index (χ2n) is 3.67. The summed E-state index contributed by atoms with van der Waals surface area (Å²) in [5.74, 6) is -0.799. The summed E-state index contributed by atoms with van der Waals surface area (Å²) in [5, 5.41) is 2.68. The highest BCUT2D eigenvalue weighted by Gasteiger charge is 2.31. The summed E-state index contributed by atoms with van der Waals surface area (Å²) in [7, 11) is 3.29. The standard InChI is InChI=1S/C12H16NO4P/c1-8(14)13-10(9-6-4-3-5-7-9)11(17-18)12(15)16-2/h3-7,10-11H,18H2,1-2H3,(H,13,14). The Balaban J connectivity index is 3.04. The third kappa shape index (κ3) is 3.79. The molecule has 0 aliphatic rings. The molecule has 18 heavy (non-hydrogen) atoms. The molecule has 1 rings (SSSR count). The minimum Gasteiger partial charge on any atom is -0.467 e. The third-order valence-electron chi connectivity index (χ3n) is 2.40. The van der Waals surface area contributed by atoms with E-state index in [9.17, 15) is 9.59 Å². The molecular weight excluding hydrogens is 253 g/mol. The van der Waals surface area contributed by atoms with Gasteiger partial charge >= 0.3 is 5.97 Å². The smallest absolute Gasteiger partial charge is 0.337 e. The zero-order valence-corrected chi connectivity index (χ0v) is 11.4. The summed E-state index contributed by atoms with van der Waals surface area (Å²) < 4.78 is 9.71. The van der Waals surface area contributed by atoms with Crippen molar-refractivity contribution in [2.75, 3.05) is 7.11 Å². The van der Waals surface area contributed by atoms with Crippen molar-refractivity contribution in [3.05, 3.63) is 35.9 Å². The summed E-state index contributed by atoms with van der Waals surface area (Å²) >= 11 is 0. The van der Waals surface area contributed by atoms with E-state index in [4.69, 9.17) is 4.52 Å². The van der Waals surface area contributed by atoms with E-state index in [0.29, 0.717) is 0 Å². The van der Waals surface area contributed by atoms with Crippen molar-refractivity contribution < 1.29 is 18.8 Å². The minimum absolute atomic E-state index is 0.250. The second-order valence-corrected chi connectivity index (χ2v) is 3.94. The monoisotopic (exact) mass is 269 g/mol. The highest BCUT2D eigenvalue weighted by atomic mass is 31.0. The van der Waals surface area contributed by atoms with Crippen LogP contribution in [-0.2, 0) is 18.8 Å². The van der Waals surface area contributed by atoms with Gasteiger partial charge in [-0.05, 0) is 5.56 Å². The van der Waals surface area contributed by atoms with Crippen molar-refractivity contribution in [1.82, 2.24) is 5.32 Å². The molecule has 0 heterocycles. The molecule has 1 aromatic rings. The van der Waals surface area contributed by atoms with Crippen LogP contribution in [0.1, 0.15) is 18.5 Å². The quantitative estimate of drug-likeness (QED) is 0.644. The Bertz CT molecular complexity index is 410. The maximum Gasteiger partial charge on any atom is 0.337 e. The molecule has 6 heteroatoms. The van der Waals surface area contributed by atoms with Crippen molar-refractivity contribution in [2.24, 2.45) is 0 Å². The molecule has 0 radical (unpaired) electrons. The minimum atomic E-state index is -0.911. The summed E-state index contributed by atoms with van der Waals surface area (Å²) in [4.78, 5) is 22.9. The average molecular weight is 269 g/mol. The van der Waals surface area contributed by atoms with Crippen molar-refractivity contribution in [2.45, 2.75) is 19.1 Å². The molecule has 5 nitrogen and oxygen atoms in total. The molecule has 0 aromatic heterocycles. The first-order valence-corrected chi connectivity index (χ1v) is 5.82. The zero-order valence-electron chi connectivity index (χ0n) is 10.3. The summed E-state index contributed by atoms with van der Waals surface area (Å²) in [6.07, 6.45) is -0.911. The molecule has 0 spiro atoms. The fraction of sp³-hybridized carbons (Fsp3) is 0.333. The van der Waals surface area contributed by atoms with Gasteiger partial charge in [-0.3, -0.25) is 4.79 Å². The Hall–Kier alpha value is -1.45. The van der Waals surface area contributed by atoms with Gasteiger partial charge in [-0.15, -0.1) is 0 Å². The van der Waals surface area contributed by atoms with Crippen molar-refractivity contribution in [3.63, 3.8) is 0 Å². The molecule has 1 N–H and O–H groups in total. The normalized spacial score (nSPS) is 13.5. The van der Waals surface area contributed by atoms with E-state index in [1.807, 2.05) is 27.7 Å². The molecule has 0 aliphatic heterocycles. The number of carbonyl (C=O) groups is 2. The summed E-state index contributed by atoms with van der Waals surface area (Å²) in [6.45, 7) is 1.38. The largest absolute Gasteiger partial charge is 0.467 e. The number of rotatable bonds is 5. The number of benzene rings is 1. The maximum atomic E-state index is 11.6. The first-order chi connectivity index (χ1) is 8.60. The van der Waals surface area contributed by atoms with Crippen LogP contribution in [0, 0.1) is 0 Å². The molecular formula is C12H16NO4P. The van der Waals surface area contributed by atoms with E-state index >= 15 is 0 Å². The fourth-order valence-corrected chi connectivity index (χ4v) is 1.87. The lowest BCUT2D eigenvalue weighted by molar-refractivity contribution is -0.150. The zero-order chi connectivity index (χ0) is 13.5. The van der Waals surface area contributed by atoms with Crippen LogP contribution in [0.2, 0.25) is 0 Å². The number of hydrogen-bond acceptors (Lipinski definition) is 4. The second kappa shape index (κ2) is 7.09. The number of hydrogen-bond donors (Lipinski definition) is 1. The Morgan fingerprint density at radius 1 is 1.28 bits per heavy atom. The summed E-state index contributed by atoms with van der Waals surface area (Å²) in [6, 6.07) is 8.51. The van der Waals surface area contributed by atoms with Crippen LogP contribution in [0.4, 0.5) is 0 Å². The highest BCUT2D eigenvalue weighted by molar-refractivity contribution is 7.09. The number of ether oxygens (including phenoxy) is 1. The fourth-order valence-electron chi connectivity index (χ4n) is 1.60. The first kappa shape index (κ1) is 14.6. The van der Waals surface area contributed by atoms with E-state index in [1.54, 1.807) is 12.1 Å². The van der Waals surface area contributed by atoms with Crippen LogP contribution in [0.5, 0.6) is 0 Å². The molecule has 98 valence electrons. The molecule has 1 amide bonds. The Labute approximate surface area is 108 Å². The predicted molar refractivity (Wildman–Crippen MR) is 69.6 cm³/mol. The first-order valence-electron chi connectivity index (χ1n) is 5.35. The van der Waals surface area contributed by atoms with Gasteiger partial charge in [-0.1, -0.05) is 30.3 Å². The van der Waals surface area contributed by atoms with E-state index < -0.39 is 18.1 Å². The third-order valence-corrected chi connectivity index (χ3v) is 2.69. The molecule has 0 fully saturated rings. The van der Waals surface area contributed by atoms with Gasteiger partial charge in [0.25, 0.3) is 0 Å². The van der Waals surface area contributed by atoms with Gasteiger partial charge in [0.1, 0.15) is 0 Å². The van der Waals surface area contributed by atoms with Crippen LogP contribution >= 0.6 is 9.47 Å². The highest BCUT2D eigenvalue weighted by Crippen LogP contribution is 2.22. The Kier molecular flexibility index (Phi) is 5.75. The maximum absolute atomic E-state index is 11.6. The van der Waals surface area contributed by atoms with Gasteiger partial charge in [0.15, 0.2) is 6.10 Å². The summed E-state index contributed by atoms with van der Waals surface area (Å²) in [5.41, 5.74) is 0.769. The predicted octanol–water partition coefficient (Wildman–Crippen LogP) is 1.21. The van der Waals surface area contributed by atoms with Crippen molar-refractivity contribution >= 4 is 21.3 Å². The van der Waals surface area contributed by atoms with Gasteiger partial charge in [-0.25, -0.2) is 4.79 Å². The average Bonchev–Trinajstić information content (AvgIpc) is 2.38. The van der Waals surface area contributed by atoms with E-state index in [-0.39, 0.29) is 5.91 Å². The van der Waals surface area contributed by atoms with Crippen molar-refractivity contribution in [3.8, 4) is 0 Å². The molecule has 0 bridgehead atoms. The van der Waals surface area contributed by atoms with Crippen LogP contribution in [0.3, 0.4) is 0 Å². The van der Waals surface area contributed by atoms with Crippen LogP contribution < -0.4 is 5.32 Å². The van der Waals surface area contributed by atoms with Crippen LogP contribution in [-0.4, -0.2) is 25.1 Å². The van der Waals surface area contributed by atoms with E-state index in [1.165, 1.54) is 14.0 Å². The SMILES string of the molecule is COC(=O)C(OP)C(NC(C)=O)c1ccccc1. The van der Waals surface area contributed by atoms with Gasteiger partial charge in [0.2, 0.25) is 5.91 Å². The molecule has 0 saturated carbocycles. The molecule has 0 aliphatic carbocycles. The van der Waals surface area contributed by atoms with Gasteiger partial charge in [-0.2, -0.15) is 0 Å². The van der Waals surface area contributed by atoms with Gasteiger partial charge in [0, 0.05) is 16.4 Å².